The van der Waals surface area contributed by atoms with Crippen molar-refractivity contribution in [2.45, 2.75) is 30.9 Å². The van der Waals surface area contributed by atoms with E-state index < -0.39 is 9.84 Å². The maximum Gasteiger partial charge on any atom is 0.147 e. The third-order valence-corrected chi connectivity index (χ3v) is 5.83. The fraction of sp³-hybridized carbons (Fsp3) is 0.571. The second-order valence-corrected chi connectivity index (χ2v) is 8.61. The molecule has 0 aliphatic heterocycles. The zero-order chi connectivity index (χ0) is 13.9. The summed E-state index contributed by atoms with van der Waals surface area (Å²) in [6.07, 6.45) is 4.71. The Hall–Kier alpha value is -0.550. The van der Waals surface area contributed by atoms with Gasteiger partial charge in [-0.05, 0) is 48.6 Å². The minimum Gasteiger partial charge on any atom is -0.229 e. The molecule has 5 heteroatoms. The van der Waals surface area contributed by atoms with E-state index in [0.29, 0.717) is 11.7 Å². The van der Waals surface area contributed by atoms with Gasteiger partial charge in [0, 0.05) is 17.3 Å². The zero-order valence-electron chi connectivity index (χ0n) is 11.1. The molecule has 19 heavy (non-hydrogen) atoms. The molecule has 0 aromatic heterocycles. The van der Waals surface area contributed by atoms with Crippen LogP contribution < -0.4 is 0 Å². The fourth-order valence-electron chi connectivity index (χ4n) is 2.44. The molecule has 1 aliphatic carbocycles. The van der Waals surface area contributed by atoms with Crippen LogP contribution >= 0.6 is 11.8 Å². The van der Waals surface area contributed by atoms with E-state index in [0.717, 1.165) is 36.1 Å². The van der Waals surface area contributed by atoms with Crippen molar-refractivity contribution in [2.24, 2.45) is 0 Å². The Morgan fingerprint density at radius 2 is 2.16 bits per heavy atom. The first kappa shape index (κ1) is 14.9. The lowest BCUT2D eigenvalue weighted by atomic mass is 10.1. The summed E-state index contributed by atoms with van der Waals surface area (Å²) < 4.78 is 35.6. The van der Waals surface area contributed by atoms with E-state index in [1.807, 2.05) is 17.8 Å². The van der Waals surface area contributed by atoms with E-state index >= 15 is 0 Å². The third kappa shape index (κ3) is 4.21. The Morgan fingerprint density at radius 1 is 1.37 bits per heavy atom. The molecule has 0 saturated heterocycles. The van der Waals surface area contributed by atoms with Gasteiger partial charge in [-0.15, -0.1) is 0 Å². The van der Waals surface area contributed by atoms with Gasteiger partial charge in [0.05, 0.1) is 0 Å². The van der Waals surface area contributed by atoms with Crippen LogP contribution in [0, 0.1) is 5.82 Å². The van der Waals surface area contributed by atoms with Crippen LogP contribution in [0.15, 0.2) is 18.2 Å². The molecular formula is C14H19FO2S2. The number of hydrogen-bond donors (Lipinski definition) is 0. The van der Waals surface area contributed by atoms with Crippen molar-refractivity contribution >= 4 is 21.6 Å². The zero-order valence-corrected chi connectivity index (χ0v) is 12.7. The Balaban J connectivity index is 1.79. The van der Waals surface area contributed by atoms with Gasteiger partial charge in [-0.3, -0.25) is 0 Å². The van der Waals surface area contributed by atoms with Crippen LogP contribution in [0.25, 0.3) is 0 Å². The summed E-state index contributed by atoms with van der Waals surface area (Å²) in [5.74, 6) is 1.12. The molecule has 0 N–H and O–H groups in total. The molecule has 1 atom stereocenters. The molecule has 0 fully saturated rings. The molecule has 0 radical (unpaired) electrons. The average molecular weight is 302 g/mol. The van der Waals surface area contributed by atoms with Crippen LogP contribution in [-0.4, -0.2) is 26.2 Å². The summed E-state index contributed by atoms with van der Waals surface area (Å²) in [4.78, 5) is 0. The highest BCUT2D eigenvalue weighted by atomic mass is 32.2. The van der Waals surface area contributed by atoms with Crippen molar-refractivity contribution in [3.05, 3.63) is 35.1 Å². The second-order valence-electron chi connectivity index (χ2n) is 5.04. The van der Waals surface area contributed by atoms with E-state index in [1.165, 1.54) is 12.3 Å². The predicted octanol–water partition coefficient (Wildman–Crippen LogP) is 3.37. The summed E-state index contributed by atoms with van der Waals surface area (Å²) in [7, 11) is -2.84. The van der Waals surface area contributed by atoms with Crippen LogP contribution in [0.2, 0.25) is 0 Å². The number of rotatable bonds is 6. The van der Waals surface area contributed by atoms with Gasteiger partial charge in [0.1, 0.15) is 15.7 Å². The highest BCUT2D eigenvalue weighted by Gasteiger charge is 2.24. The summed E-state index contributed by atoms with van der Waals surface area (Å²) in [6, 6.07) is 5.31. The minimum atomic E-state index is -2.84. The number of fused-ring (bicyclic) bond motifs is 1. The van der Waals surface area contributed by atoms with Gasteiger partial charge >= 0.3 is 0 Å². The number of unbranched alkanes of at least 4 members (excludes halogenated alkanes) is 1. The monoisotopic (exact) mass is 302 g/mol. The third-order valence-electron chi connectivity index (χ3n) is 3.39. The Bertz CT molecular complexity index is 540. The van der Waals surface area contributed by atoms with Crippen LogP contribution in [0.4, 0.5) is 4.39 Å². The predicted molar refractivity (Wildman–Crippen MR) is 78.9 cm³/mol. The van der Waals surface area contributed by atoms with E-state index in [9.17, 15) is 12.8 Å². The Labute approximate surface area is 118 Å². The summed E-state index contributed by atoms with van der Waals surface area (Å²) in [5.41, 5.74) is 2.00. The number of thioether (sulfide) groups is 1. The average Bonchev–Trinajstić information content (AvgIpc) is 2.72. The van der Waals surface area contributed by atoms with E-state index in [4.69, 9.17) is 0 Å². The first-order valence-electron chi connectivity index (χ1n) is 6.54. The Morgan fingerprint density at radius 3 is 2.89 bits per heavy atom. The van der Waals surface area contributed by atoms with Gasteiger partial charge in [0.15, 0.2) is 0 Å². The fourth-order valence-corrected chi connectivity index (χ4v) is 4.51. The first-order valence-corrected chi connectivity index (χ1v) is 9.65. The molecule has 0 bridgehead atoms. The lowest BCUT2D eigenvalue weighted by Crippen LogP contribution is -2.03. The molecule has 1 aromatic carbocycles. The van der Waals surface area contributed by atoms with Crippen LogP contribution in [0.3, 0.4) is 0 Å². The number of benzene rings is 1. The molecule has 0 unspecified atom stereocenters. The Kier molecular flexibility index (Phi) is 4.90. The topological polar surface area (TPSA) is 34.1 Å². The van der Waals surface area contributed by atoms with Gasteiger partial charge < -0.3 is 0 Å². The van der Waals surface area contributed by atoms with Crippen LogP contribution in [0.5, 0.6) is 0 Å². The van der Waals surface area contributed by atoms with Crippen molar-refractivity contribution in [3.8, 4) is 0 Å². The van der Waals surface area contributed by atoms with Gasteiger partial charge in [0.2, 0.25) is 0 Å². The number of sulfone groups is 1. The summed E-state index contributed by atoms with van der Waals surface area (Å²) in [6.45, 7) is 0. The van der Waals surface area contributed by atoms with Crippen molar-refractivity contribution in [1.82, 2.24) is 0 Å². The molecule has 0 spiro atoms. The minimum absolute atomic E-state index is 0.0855. The van der Waals surface area contributed by atoms with Crippen LogP contribution in [-0.2, 0) is 16.3 Å². The van der Waals surface area contributed by atoms with E-state index in [1.54, 1.807) is 6.07 Å². The number of halogens is 1. The van der Waals surface area contributed by atoms with Crippen LogP contribution in [0.1, 0.15) is 35.6 Å². The molecular weight excluding hydrogens is 283 g/mol. The first-order chi connectivity index (χ1) is 8.97. The van der Waals surface area contributed by atoms with Crippen molar-refractivity contribution in [3.63, 3.8) is 0 Å². The maximum atomic E-state index is 13.6. The SMILES string of the molecule is CS(=O)(=O)CCCCS[C@H]1CCc2c(F)cccc21. The standard InChI is InChI=1S/C14H19FO2S2/c1-19(16,17)10-3-2-9-18-14-8-7-11-12(14)5-4-6-13(11)15/h4-6,14H,2-3,7-10H2,1H3/t14-/m0/s1. The highest BCUT2D eigenvalue weighted by Crippen LogP contribution is 2.42. The van der Waals surface area contributed by atoms with Crippen molar-refractivity contribution in [2.75, 3.05) is 17.8 Å². The van der Waals surface area contributed by atoms with Gasteiger partial charge in [0.25, 0.3) is 0 Å². The normalized spacial score (nSPS) is 18.5. The van der Waals surface area contributed by atoms with Crippen molar-refractivity contribution in [1.29, 1.82) is 0 Å². The van der Waals surface area contributed by atoms with Crippen molar-refractivity contribution < 1.29 is 12.8 Å². The lowest BCUT2D eigenvalue weighted by molar-refractivity contribution is 0.598. The van der Waals surface area contributed by atoms with Gasteiger partial charge in [-0.2, -0.15) is 11.8 Å². The number of hydrogen-bond acceptors (Lipinski definition) is 3. The highest BCUT2D eigenvalue weighted by molar-refractivity contribution is 7.99. The van der Waals surface area contributed by atoms with Gasteiger partial charge in [-0.25, -0.2) is 12.8 Å². The molecule has 0 saturated carbocycles. The smallest absolute Gasteiger partial charge is 0.147 e. The molecule has 0 amide bonds. The molecule has 1 aliphatic rings. The maximum absolute atomic E-state index is 13.6. The summed E-state index contributed by atoms with van der Waals surface area (Å²) >= 11 is 1.82. The quantitative estimate of drug-likeness (QED) is 0.756. The lowest BCUT2D eigenvalue weighted by Gasteiger charge is -2.11. The molecule has 2 rings (SSSR count). The molecule has 0 heterocycles. The largest absolute Gasteiger partial charge is 0.229 e. The van der Waals surface area contributed by atoms with E-state index in [-0.39, 0.29) is 11.6 Å². The molecule has 1 aromatic rings. The second kappa shape index (κ2) is 6.27. The van der Waals surface area contributed by atoms with E-state index in [2.05, 4.69) is 0 Å². The van der Waals surface area contributed by atoms with Gasteiger partial charge in [-0.1, -0.05) is 12.1 Å². The summed E-state index contributed by atoms with van der Waals surface area (Å²) in [5, 5.41) is 0.379. The molecule has 106 valence electrons. The molecule has 2 nitrogen and oxygen atoms in total.